The topological polar surface area (TPSA) is 67.4 Å². The number of hydrogen-bond donors (Lipinski definition) is 1. The van der Waals surface area contributed by atoms with Gasteiger partial charge in [0.15, 0.2) is 5.82 Å². The first-order valence-electron chi connectivity index (χ1n) is 7.41. The Kier molecular flexibility index (Phi) is 5.55. The lowest BCUT2D eigenvalue weighted by Gasteiger charge is -2.35. The highest BCUT2D eigenvalue weighted by molar-refractivity contribution is 5.36. The Hall–Kier alpha value is -1.40. The van der Waals surface area contributed by atoms with Gasteiger partial charge in [-0.1, -0.05) is 6.42 Å². The molecule has 0 spiro atoms. The van der Waals surface area contributed by atoms with Gasteiger partial charge >= 0.3 is 0 Å². The van der Waals surface area contributed by atoms with Crippen molar-refractivity contribution in [3.05, 3.63) is 22.7 Å². The molecule has 6 heteroatoms. The second kappa shape index (κ2) is 7.40. The predicted octanol–water partition coefficient (Wildman–Crippen LogP) is 0.0313. The van der Waals surface area contributed by atoms with Gasteiger partial charge in [-0.05, 0) is 25.9 Å². The average Bonchev–Trinajstić information content (AvgIpc) is 2.47. The molecule has 0 amide bonds. The van der Waals surface area contributed by atoms with Crippen LogP contribution in [-0.4, -0.2) is 53.7 Å². The summed E-state index contributed by atoms with van der Waals surface area (Å²) in [4.78, 5) is 20.8. The summed E-state index contributed by atoms with van der Waals surface area (Å²) in [6, 6.07) is 0. The Morgan fingerprint density at radius 3 is 2.65 bits per heavy atom. The molecular formula is C14H25N5O. The molecule has 2 heterocycles. The molecule has 1 aliphatic rings. The SMILES string of the molecule is Cn1ccnc(N2CCN(CCCCCN)CC2)c1=O. The van der Waals surface area contributed by atoms with E-state index in [0.717, 1.165) is 45.7 Å². The van der Waals surface area contributed by atoms with Crippen LogP contribution < -0.4 is 16.2 Å². The normalized spacial score (nSPS) is 16.6. The van der Waals surface area contributed by atoms with Crippen molar-refractivity contribution < 1.29 is 0 Å². The highest BCUT2D eigenvalue weighted by atomic mass is 16.1. The van der Waals surface area contributed by atoms with Crippen LogP contribution in [0.25, 0.3) is 0 Å². The third kappa shape index (κ3) is 3.80. The van der Waals surface area contributed by atoms with Gasteiger partial charge in [-0.25, -0.2) is 4.98 Å². The molecule has 1 aliphatic heterocycles. The molecule has 0 radical (unpaired) electrons. The lowest BCUT2D eigenvalue weighted by atomic mass is 10.2. The van der Waals surface area contributed by atoms with Crippen molar-refractivity contribution in [3.8, 4) is 0 Å². The van der Waals surface area contributed by atoms with Crippen LogP contribution in [-0.2, 0) is 7.05 Å². The summed E-state index contributed by atoms with van der Waals surface area (Å²) in [7, 11) is 1.77. The minimum Gasteiger partial charge on any atom is -0.349 e. The summed E-state index contributed by atoms with van der Waals surface area (Å²) < 4.78 is 1.58. The molecule has 1 aromatic heterocycles. The fourth-order valence-corrected chi connectivity index (χ4v) is 2.54. The Bertz CT molecular complexity index is 465. The van der Waals surface area contributed by atoms with Crippen LogP contribution in [0.2, 0.25) is 0 Å². The lowest BCUT2D eigenvalue weighted by molar-refractivity contribution is 0.251. The Balaban J connectivity index is 1.82. The lowest BCUT2D eigenvalue weighted by Crippen LogP contribution is -2.48. The Morgan fingerprint density at radius 2 is 1.95 bits per heavy atom. The van der Waals surface area contributed by atoms with Crippen LogP contribution in [0.3, 0.4) is 0 Å². The van der Waals surface area contributed by atoms with Gasteiger partial charge in [0.25, 0.3) is 5.56 Å². The maximum atomic E-state index is 12.0. The Labute approximate surface area is 120 Å². The van der Waals surface area contributed by atoms with E-state index in [4.69, 9.17) is 5.73 Å². The molecule has 0 bridgehead atoms. The van der Waals surface area contributed by atoms with Crippen LogP contribution in [0.4, 0.5) is 5.82 Å². The smallest absolute Gasteiger partial charge is 0.293 e. The molecule has 112 valence electrons. The van der Waals surface area contributed by atoms with E-state index in [1.54, 1.807) is 24.0 Å². The number of piperazine rings is 1. The zero-order valence-corrected chi connectivity index (χ0v) is 12.3. The Morgan fingerprint density at radius 1 is 1.20 bits per heavy atom. The molecule has 0 saturated carbocycles. The van der Waals surface area contributed by atoms with Crippen LogP contribution in [0, 0.1) is 0 Å². The van der Waals surface area contributed by atoms with Gasteiger partial charge in [0.2, 0.25) is 0 Å². The zero-order chi connectivity index (χ0) is 14.4. The minimum atomic E-state index is -0.0103. The standard InChI is InChI=1S/C14H25N5O/c1-17-8-6-16-13(14(17)20)19-11-9-18(10-12-19)7-4-2-3-5-15/h6,8H,2-5,7,9-12,15H2,1H3. The molecule has 20 heavy (non-hydrogen) atoms. The number of aryl methyl sites for hydroxylation is 1. The van der Waals surface area contributed by atoms with E-state index in [9.17, 15) is 4.79 Å². The van der Waals surface area contributed by atoms with Gasteiger partial charge in [-0.15, -0.1) is 0 Å². The maximum absolute atomic E-state index is 12.0. The van der Waals surface area contributed by atoms with Crippen molar-refractivity contribution in [2.24, 2.45) is 12.8 Å². The van der Waals surface area contributed by atoms with Crippen molar-refractivity contribution in [2.45, 2.75) is 19.3 Å². The molecule has 1 saturated heterocycles. The van der Waals surface area contributed by atoms with Gasteiger partial charge in [0.1, 0.15) is 0 Å². The molecule has 6 nitrogen and oxygen atoms in total. The largest absolute Gasteiger partial charge is 0.349 e. The van der Waals surface area contributed by atoms with E-state index in [1.807, 2.05) is 0 Å². The third-order valence-corrected chi connectivity index (χ3v) is 3.85. The maximum Gasteiger partial charge on any atom is 0.293 e. The molecular weight excluding hydrogens is 254 g/mol. The van der Waals surface area contributed by atoms with Gasteiger partial charge in [0, 0.05) is 45.6 Å². The minimum absolute atomic E-state index is 0.0103. The molecule has 2 N–H and O–H groups in total. The van der Waals surface area contributed by atoms with Crippen molar-refractivity contribution >= 4 is 5.82 Å². The zero-order valence-electron chi connectivity index (χ0n) is 12.3. The molecule has 0 aromatic carbocycles. The van der Waals surface area contributed by atoms with Crippen molar-refractivity contribution in [3.63, 3.8) is 0 Å². The van der Waals surface area contributed by atoms with E-state index in [0.29, 0.717) is 5.82 Å². The van der Waals surface area contributed by atoms with E-state index in [2.05, 4.69) is 14.8 Å². The quantitative estimate of drug-likeness (QED) is 0.744. The number of nitrogens with two attached hydrogens (primary N) is 1. The number of unbranched alkanes of at least 4 members (excludes halogenated alkanes) is 2. The summed E-state index contributed by atoms with van der Waals surface area (Å²) in [5.74, 6) is 0.581. The fraction of sp³-hybridized carbons (Fsp3) is 0.714. The van der Waals surface area contributed by atoms with Crippen LogP contribution in [0.1, 0.15) is 19.3 Å². The first kappa shape index (κ1) is 15.0. The van der Waals surface area contributed by atoms with Crippen LogP contribution in [0.5, 0.6) is 0 Å². The molecule has 0 unspecified atom stereocenters. The van der Waals surface area contributed by atoms with Gasteiger partial charge < -0.3 is 15.2 Å². The first-order chi connectivity index (χ1) is 9.72. The molecule has 1 fully saturated rings. The highest BCUT2D eigenvalue weighted by Crippen LogP contribution is 2.09. The number of aromatic nitrogens is 2. The van der Waals surface area contributed by atoms with E-state index >= 15 is 0 Å². The predicted molar refractivity (Wildman–Crippen MR) is 81.0 cm³/mol. The summed E-state index contributed by atoms with van der Waals surface area (Å²) in [5, 5.41) is 0. The van der Waals surface area contributed by atoms with Crippen molar-refractivity contribution in [2.75, 3.05) is 44.2 Å². The molecule has 0 atom stereocenters. The summed E-state index contributed by atoms with van der Waals surface area (Å²) in [5.41, 5.74) is 5.49. The first-order valence-corrected chi connectivity index (χ1v) is 7.41. The summed E-state index contributed by atoms with van der Waals surface area (Å²) in [6.07, 6.45) is 6.92. The number of rotatable bonds is 6. The van der Waals surface area contributed by atoms with Crippen LogP contribution in [0.15, 0.2) is 17.2 Å². The van der Waals surface area contributed by atoms with Gasteiger partial charge in [0.05, 0.1) is 0 Å². The summed E-state index contributed by atoms with van der Waals surface area (Å²) >= 11 is 0. The molecule has 0 aliphatic carbocycles. The van der Waals surface area contributed by atoms with Crippen molar-refractivity contribution in [1.29, 1.82) is 0 Å². The second-order valence-electron chi connectivity index (χ2n) is 5.34. The highest BCUT2D eigenvalue weighted by Gasteiger charge is 2.19. The van der Waals surface area contributed by atoms with Crippen LogP contribution >= 0.6 is 0 Å². The monoisotopic (exact) mass is 279 g/mol. The summed E-state index contributed by atoms with van der Waals surface area (Å²) in [6.45, 7) is 5.68. The average molecular weight is 279 g/mol. The van der Waals surface area contributed by atoms with E-state index < -0.39 is 0 Å². The van der Waals surface area contributed by atoms with E-state index in [1.165, 1.54) is 12.8 Å². The third-order valence-electron chi connectivity index (χ3n) is 3.85. The van der Waals surface area contributed by atoms with Gasteiger partial charge in [-0.3, -0.25) is 9.69 Å². The second-order valence-corrected chi connectivity index (χ2v) is 5.34. The van der Waals surface area contributed by atoms with Crippen molar-refractivity contribution in [1.82, 2.24) is 14.5 Å². The molecule has 2 rings (SSSR count). The number of anilines is 1. The number of nitrogens with zero attached hydrogens (tertiary/aromatic N) is 4. The van der Waals surface area contributed by atoms with E-state index in [-0.39, 0.29) is 5.56 Å². The number of hydrogen-bond acceptors (Lipinski definition) is 5. The van der Waals surface area contributed by atoms with Gasteiger partial charge in [-0.2, -0.15) is 0 Å². The fourth-order valence-electron chi connectivity index (χ4n) is 2.54. The molecule has 1 aromatic rings.